The number of hydrogen-bond donors (Lipinski definition) is 1. The Balaban J connectivity index is 2.32. The molecule has 0 amide bonds. The first-order valence-corrected chi connectivity index (χ1v) is 5.99. The Bertz CT molecular complexity index is 432. The zero-order valence-corrected chi connectivity index (χ0v) is 10.6. The van der Waals surface area contributed by atoms with Crippen molar-refractivity contribution in [2.75, 3.05) is 6.54 Å². The van der Waals surface area contributed by atoms with Crippen LogP contribution in [0.5, 0.6) is 0 Å². The van der Waals surface area contributed by atoms with Gasteiger partial charge in [0.05, 0.1) is 18.0 Å². The van der Waals surface area contributed by atoms with Gasteiger partial charge >= 0.3 is 0 Å². The highest BCUT2D eigenvalue weighted by Gasteiger charge is 2.19. The van der Waals surface area contributed by atoms with Crippen molar-refractivity contribution >= 4 is 0 Å². The van der Waals surface area contributed by atoms with E-state index in [0.29, 0.717) is 0 Å². The summed E-state index contributed by atoms with van der Waals surface area (Å²) in [5.41, 5.74) is 2.34. The van der Waals surface area contributed by atoms with Gasteiger partial charge in [0.15, 0.2) is 0 Å². The SMILES string of the molecule is CCCNC(c1ccoc1C)c1ccnn1C. The highest BCUT2D eigenvalue weighted by molar-refractivity contribution is 5.28. The highest BCUT2D eigenvalue weighted by Crippen LogP contribution is 2.25. The molecule has 0 aliphatic carbocycles. The molecule has 0 spiro atoms. The van der Waals surface area contributed by atoms with Crippen LogP contribution in [0.3, 0.4) is 0 Å². The molecule has 0 saturated heterocycles. The number of furan rings is 1. The third-order valence-corrected chi connectivity index (χ3v) is 2.96. The molecule has 1 N–H and O–H groups in total. The van der Waals surface area contributed by atoms with E-state index in [-0.39, 0.29) is 6.04 Å². The normalized spacial score (nSPS) is 12.9. The average molecular weight is 233 g/mol. The Morgan fingerprint density at radius 1 is 1.47 bits per heavy atom. The van der Waals surface area contributed by atoms with Gasteiger partial charge in [0.25, 0.3) is 0 Å². The molecule has 2 aromatic rings. The minimum Gasteiger partial charge on any atom is -0.469 e. The van der Waals surface area contributed by atoms with Gasteiger partial charge in [-0.1, -0.05) is 6.92 Å². The predicted octanol–water partition coefficient (Wildman–Crippen LogP) is 2.41. The van der Waals surface area contributed by atoms with Crippen molar-refractivity contribution in [3.63, 3.8) is 0 Å². The van der Waals surface area contributed by atoms with E-state index in [9.17, 15) is 0 Å². The number of aryl methyl sites for hydroxylation is 2. The van der Waals surface area contributed by atoms with Crippen LogP contribution >= 0.6 is 0 Å². The monoisotopic (exact) mass is 233 g/mol. The van der Waals surface area contributed by atoms with Crippen LogP contribution in [-0.4, -0.2) is 16.3 Å². The van der Waals surface area contributed by atoms with Crippen LogP contribution in [-0.2, 0) is 7.05 Å². The van der Waals surface area contributed by atoms with Gasteiger partial charge in [0.2, 0.25) is 0 Å². The molecule has 2 aromatic heterocycles. The quantitative estimate of drug-likeness (QED) is 0.862. The minimum atomic E-state index is 0.154. The van der Waals surface area contributed by atoms with E-state index in [1.54, 1.807) is 6.26 Å². The lowest BCUT2D eigenvalue weighted by atomic mass is 10.0. The second-order valence-electron chi connectivity index (χ2n) is 4.20. The summed E-state index contributed by atoms with van der Waals surface area (Å²) < 4.78 is 7.30. The van der Waals surface area contributed by atoms with E-state index >= 15 is 0 Å². The maximum absolute atomic E-state index is 5.39. The number of hydrogen-bond acceptors (Lipinski definition) is 3. The van der Waals surface area contributed by atoms with Gasteiger partial charge in [-0.05, 0) is 32.0 Å². The third-order valence-electron chi connectivity index (χ3n) is 2.96. The van der Waals surface area contributed by atoms with Crippen molar-refractivity contribution in [2.45, 2.75) is 26.3 Å². The second kappa shape index (κ2) is 5.19. The standard InChI is InChI=1S/C13H19N3O/c1-4-7-14-13(11-6-9-17-10(11)2)12-5-8-15-16(12)3/h5-6,8-9,13-14H,4,7H2,1-3H3. The van der Waals surface area contributed by atoms with Crippen molar-refractivity contribution in [1.29, 1.82) is 0 Å². The topological polar surface area (TPSA) is 43.0 Å². The summed E-state index contributed by atoms with van der Waals surface area (Å²) in [5, 5.41) is 7.77. The fourth-order valence-electron chi connectivity index (χ4n) is 2.02. The predicted molar refractivity (Wildman–Crippen MR) is 66.8 cm³/mol. The molecular formula is C13H19N3O. The molecule has 4 nitrogen and oxygen atoms in total. The van der Waals surface area contributed by atoms with Gasteiger partial charge in [0.1, 0.15) is 5.76 Å². The highest BCUT2D eigenvalue weighted by atomic mass is 16.3. The number of aromatic nitrogens is 2. The Morgan fingerprint density at radius 3 is 2.82 bits per heavy atom. The summed E-state index contributed by atoms with van der Waals surface area (Å²) in [6, 6.07) is 4.22. The van der Waals surface area contributed by atoms with Crippen LogP contribution in [0.15, 0.2) is 29.0 Å². The fraction of sp³-hybridized carbons (Fsp3) is 0.462. The van der Waals surface area contributed by atoms with Gasteiger partial charge in [-0.25, -0.2) is 0 Å². The summed E-state index contributed by atoms with van der Waals surface area (Å²) in [5.74, 6) is 0.958. The molecule has 1 atom stereocenters. The van der Waals surface area contributed by atoms with Crippen molar-refractivity contribution < 1.29 is 4.42 Å². The molecule has 0 aromatic carbocycles. The van der Waals surface area contributed by atoms with Crippen molar-refractivity contribution in [3.8, 4) is 0 Å². The molecule has 0 bridgehead atoms. The van der Waals surface area contributed by atoms with Gasteiger partial charge < -0.3 is 9.73 Å². The van der Waals surface area contributed by atoms with Gasteiger partial charge in [0, 0.05) is 18.8 Å². The Hall–Kier alpha value is -1.55. The summed E-state index contributed by atoms with van der Waals surface area (Å²) in [6.45, 7) is 5.13. The Labute approximate surface area is 102 Å². The van der Waals surface area contributed by atoms with Crippen molar-refractivity contribution in [1.82, 2.24) is 15.1 Å². The zero-order valence-electron chi connectivity index (χ0n) is 10.6. The molecule has 2 rings (SSSR count). The first-order chi connectivity index (χ1) is 8.24. The maximum Gasteiger partial charge on any atom is 0.105 e. The molecule has 4 heteroatoms. The van der Waals surface area contributed by atoms with Crippen LogP contribution < -0.4 is 5.32 Å². The molecule has 2 heterocycles. The van der Waals surface area contributed by atoms with E-state index in [4.69, 9.17) is 4.42 Å². The second-order valence-corrected chi connectivity index (χ2v) is 4.20. The van der Waals surface area contributed by atoms with Gasteiger partial charge in [-0.15, -0.1) is 0 Å². The molecule has 92 valence electrons. The summed E-state index contributed by atoms with van der Waals surface area (Å²) in [7, 11) is 1.96. The van der Waals surface area contributed by atoms with Crippen molar-refractivity contribution in [3.05, 3.63) is 41.6 Å². The summed E-state index contributed by atoms with van der Waals surface area (Å²) in [6.07, 6.45) is 4.66. The van der Waals surface area contributed by atoms with Crippen LogP contribution in [0.25, 0.3) is 0 Å². The van der Waals surface area contributed by atoms with Crippen LogP contribution in [0.4, 0.5) is 0 Å². The minimum absolute atomic E-state index is 0.154. The van der Waals surface area contributed by atoms with Crippen LogP contribution in [0.2, 0.25) is 0 Å². The maximum atomic E-state index is 5.39. The number of nitrogens with zero attached hydrogens (tertiary/aromatic N) is 2. The van der Waals surface area contributed by atoms with E-state index in [2.05, 4.69) is 17.3 Å². The molecule has 0 aliphatic heterocycles. The van der Waals surface area contributed by atoms with E-state index in [1.807, 2.05) is 37.0 Å². The first kappa shape index (κ1) is 11.9. The fourth-order valence-corrected chi connectivity index (χ4v) is 2.02. The zero-order chi connectivity index (χ0) is 12.3. The molecule has 17 heavy (non-hydrogen) atoms. The van der Waals surface area contributed by atoms with Gasteiger partial charge in [-0.3, -0.25) is 4.68 Å². The largest absolute Gasteiger partial charge is 0.469 e. The molecule has 0 saturated carbocycles. The van der Waals surface area contributed by atoms with E-state index < -0.39 is 0 Å². The van der Waals surface area contributed by atoms with Crippen LogP contribution in [0, 0.1) is 6.92 Å². The smallest absolute Gasteiger partial charge is 0.105 e. The molecule has 0 radical (unpaired) electrons. The lowest BCUT2D eigenvalue weighted by Crippen LogP contribution is -2.25. The number of rotatable bonds is 5. The summed E-state index contributed by atoms with van der Waals surface area (Å²) >= 11 is 0. The molecule has 0 fully saturated rings. The first-order valence-electron chi connectivity index (χ1n) is 5.99. The lowest BCUT2D eigenvalue weighted by molar-refractivity contribution is 0.508. The molecular weight excluding hydrogens is 214 g/mol. The van der Waals surface area contributed by atoms with Crippen molar-refractivity contribution in [2.24, 2.45) is 7.05 Å². The Morgan fingerprint density at radius 2 is 2.29 bits per heavy atom. The Kier molecular flexibility index (Phi) is 3.64. The van der Waals surface area contributed by atoms with Crippen LogP contribution in [0.1, 0.15) is 36.4 Å². The van der Waals surface area contributed by atoms with E-state index in [0.717, 1.165) is 24.4 Å². The molecule has 0 aliphatic rings. The van der Waals surface area contributed by atoms with Gasteiger partial charge in [-0.2, -0.15) is 5.10 Å². The van der Waals surface area contributed by atoms with E-state index in [1.165, 1.54) is 5.56 Å². The average Bonchev–Trinajstić information content (AvgIpc) is 2.90. The molecule has 1 unspecified atom stereocenters. The lowest BCUT2D eigenvalue weighted by Gasteiger charge is -2.18. The summed E-state index contributed by atoms with van der Waals surface area (Å²) in [4.78, 5) is 0. The third kappa shape index (κ3) is 2.42. The number of nitrogens with one attached hydrogen (secondary N) is 1.